The molecule has 0 bridgehead atoms. The van der Waals surface area contributed by atoms with Gasteiger partial charge in [-0.1, -0.05) is 18.2 Å². The fraction of sp³-hybridized carbons (Fsp3) is 0.150. The molecular formula is C20H14FN5OS. The van der Waals surface area contributed by atoms with E-state index in [0.29, 0.717) is 21.8 Å². The lowest BCUT2D eigenvalue weighted by molar-refractivity contribution is 0.242. The minimum absolute atomic E-state index is 0.297. The third-order valence-corrected chi connectivity index (χ3v) is 5.49. The molecule has 2 atom stereocenters. The van der Waals surface area contributed by atoms with Crippen molar-refractivity contribution in [2.45, 2.75) is 18.9 Å². The summed E-state index contributed by atoms with van der Waals surface area (Å²) < 4.78 is 14.3. The maximum Gasteiger partial charge on any atom is 0.341 e. The first-order valence-electron chi connectivity index (χ1n) is 8.49. The number of nitrogens with zero attached hydrogens (tertiary/aromatic N) is 4. The van der Waals surface area contributed by atoms with E-state index in [1.807, 2.05) is 17.5 Å². The van der Waals surface area contributed by atoms with Gasteiger partial charge in [0.25, 0.3) is 0 Å². The van der Waals surface area contributed by atoms with Gasteiger partial charge < -0.3 is 5.32 Å². The lowest BCUT2D eigenvalue weighted by Crippen LogP contribution is -2.39. The van der Waals surface area contributed by atoms with E-state index in [9.17, 15) is 9.18 Å². The number of nitriles is 1. The van der Waals surface area contributed by atoms with Crippen molar-refractivity contribution < 1.29 is 9.18 Å². The molecule has 3 aromatic rings. The van der Waals surface area contributed by atoms with E-state index in [0.717, 1.165) is 11.3 Å². The molecule has 6 nitrogen and oxygen atoms in total. The summed E-state index contributed by atoms with van der Waals surface area (Å²) >= 11 is 1.42. The number of hydrogen-bond acceptors (Lipinski definition) is 5. The molecular weight excluding hydrogens is 377 g/mol. The molecule has 2 amide bonds. The Balaban J connectivity index is 1.74. The SMILES string of the molecule is CC1=NC(=O)NC(c2cccnc2F)C1c1nc(-c2ccc(C#N)cc2)cs1. The number of nitrogens with one attached hydrogen (secondary N) is 1. The summed E-state index contributed by atoms with van der Waals surface area (Å²) in [6.07, 6.45) is 1.37. The van der Waals surface area contributed by atoms with Gasteiger partial charge in [-0.3, -0.25) is 0 Å². The smallest absolute Gasteiger partial charge is 0.328 e. The summed E-state index contributed by atoms with van der Waals surface area (Å²) in [4.78, 5) is 24.4. The number of pyridine rings is 1. The zero-order chi connectivity index (χ0) is 19.7. The van der Waals surface area contributed by atoms with Gasteiger partial charge in [-0.05, 0) is 25.1 Å². The highest BCUT2D eigenvalue weighted by atomic mass is 32.1. The summed E-state index contributed by atoms with van der Waals surface area (Å²) in [6, 6.07) is 11.3. The molecule has 28 heavy (non-hydrogen) atoms. The Labute approximate surface area is 164 Å². The summed E-state index contributed by atoms with van der Waals surface area (Å²) in [5, 5.41) is 14.3. The van der Waals surface area contributed by atoms with Gasteiger partial charge in [0, 0.05) is 28.4 Å². The molecule has 1 aliphatic heterocycles. The third kappa shape index (κ3) is 3.28. The molecule has 1 N–H and O–H groups in total. The molecule has 8 heteroatoms. The van der Waals surface area contributed by atoms with E-state index in [4.69, 9.17) is 10.2 Å². The van der Waals surface area contributed by atoms with Crippen LogP contribution in [-0.4, -0.2) is 21.7 Å². The topological polar surface area (TPSA) is 91.0 Å². The first kappa shape index (κ1) is 17.9. The molecule has 0 saturated heterocycles. The van der Waals surface area contributed by atoms with Crippen LogP contribution in [0.1, 0.15) is 35.0 Å². The van der Waals surface area contributed by atoms with Crippen LogP contribution < -0.4 is 5.32 Å². The summed E-state index contributed by atoms with van der Waals surface area (Å²) in [5.74, 6) is -1.02. The van der Waals surface area contributed by atoms with E-state index in [2.05, 4.69) is 21.4 Å². The zero-order valence-corrected chi connectivity index (χ0v) is 15.6. The lowest BCUT2D eigenvalue weighted by Gasteiger charge is -2.29. The number of aliphatic imine (C=N–C) groups is 1. The Morgan fingerprint density at radius 2 is 2.04 bits per heavy atom. The largest absolute Gasteiger partial charge is 0.341 e. The van der Waals surface area contributed by atoms with Gasteiger partial charge in [-0.2, -0.15) is 9.65 Å². The number of aromatic nitrogens is 2. The Morgan fingerprint density at radius 1 is 1.25 bits per heavy atom. The molecule has 3 heterocycles. The molecule has 1 aromatic carbocycles. The van der Waals surface area contributed by atoms with Crippen LogP contribution in [0.3, 0.4) is 0 Å². The number of carbonyl (C=O) groups excluding carboxylic acids is 1. The molecule has 0 radical (unpaired) electrons. The summed E-state index contributed by atoms with van der Waals surface area (Å²) in [6.45, 7) is 1.74. The minimum Gasteiger partial charge on any atom is -0.328 e. The van der Waals surface area contributed by atoms with E-state index < -0.39 is 23.9 Å². The Morgan fingerprint density at radius 3 is 2.75 bits per heavy atom. The number of amides is 2. The molecule has 0 spiro atoms. The molecule has 0 aliphatic carbocycles. The van der Waals surface area contributed by atoms with E-state index in [1.165, 1.54) is 17.5 Å². The van der Waals surface area contributed by atoms with Crippen molar-refractivity contribution in [1.29, 1.82) is 5.26 Å². The minimum atomic E-state index is -0.640. The van der Waals surface area contributed by atoms with Crippen molar-refractivity contribution in [1.82, 2.24) is 15.3 Å². The number of urea groups is 1. The monoisotopic (exact) mass is 391 g/mol. The number of rotatable bonds is 3. The Bertz CT molecular complexity index is 1120. The number of hydrogen-bond donors (Lipinski definition) is 1. The standard InChI is InChI=1S/C20H14FN5OS/c1-11-16(17(26-20(27)24-11)14-3-2-8-23-18(14)21)19-25-15(10-28-19)13-6-4-12(9-22)5-7-13/h2-8,10,16-17H,1H3,(H,26,27). The normalized spacial score (nSPS) is 18.9. The van der Waals surface area contributed by atoms with Crippen molar-refractivity contribution in [3.63, 3.8) is 0 Å². The van der Waals surface area contributed by atoms with Gasteiger partial charge in [0.05, 0.1) is 29.3 Å². The van der Waals surface area contributed by atoms with Crippen LogP contribution in [0, 0.1) is 17.3 Å². The van der Waals surface area contributed by atoms with E-state index >= 15 is 0 Å². The van der Waals surface area contributed by atoms with Crippen molar-refractivity contribution in [3.05, 3.63) is 70.1 Å². The van der Waals surface area contributed by atoms with Crippen LogP contribution in [0.4, 0.5) is 9.18 Å². The first-order chi connectivity index (χ1) is 13.6. The van der Waals surface area contributed by atoms with Crippen LogP contribution in [-0.2, 0) is 0 Å². The highest BCUT2D eigenvalue weighted by Gasteiger charge is 2.36. The zero-order valence-electron chi connectivity index (χ0n) is 14.8. The van der Waals surface area contributed by atoms with Crippen molar-refractivity contribution in [2.24, 2.45) is 4.99 Å². The maximum absolute atomic E-state index is 14.3. The van der Waals surface area contributed by atoms with Crippen LogP contribution in [0.25, 0.3) is 11.3 Å². The number of carbonyl (C=O) groups is 1. The van der Waals surface area contributed by atoms with Gasteiger partial charge >= 0.3 is 6.03 Å². The fourth-order valence-corrected chi connectivity index (χ4v) is 4.23. The summed E-state index contributed by atoms with van der Waals surface area (Å²) in [5.41, 5.74) is 3.06. The Hall–Kier alpha value is -3.44. The van der Waals surface area contributed by atoms with Crippen molar-refractivity contribution in [2.75, 3.05) is 0 Å². The van der Waals surface area contributed by atoms with Crippen molar-refractivity contribution in [3.8, 4) is 17.3 Å². The second-order valence-electron chi connectivity index (χ2n) is 6.30. The molecule has 0 saturated carbocycles. The van der Waals surface area contributed by atoms with Crippen LogP contribution in [0.5, 0.6) is 0 Å². The highest BCUT2D eigenvalue weighted by Crippen LogP contribution is 2.38. The molecule has 2 aromatic heterocycles. The molecule has 1 aliphatic rings. The second-order valence-corrected chi connectivity index (χ2v) is 7.19. The third-order valence-electron chi connectivity index (χ3n) is 4.56. The number of benzene rings is 1. The molecule has 4 rings (SSSR count). The lowest BCUT2D eigenvalue weighted by atomic mass is 9.89. The average Bonchev–Trinajstić information content (AvgIpc) is 3.17. The molecule has 138 valence electrons. The predicted octanol–water partition coefficient (Wildman–Crippen LogP) is 4.22. The van der Waals surface area contributed by atoms with E-state index in [1.54, 1.807) is 31.2 Å². The van der Waals surface area contributed by atoms with Crippen LogP contribution in [0.2, 0.25) is 0 Å². The van der Waals surface area contributed by atoms with Gasteiger partial charge in [0.2, 0.25) is 5.95 Å². The van der Waals surface area contributed by atoms with E-state index in [-0.39, 0.29) is 0 Å². The quantitative estimate of drug-likeness (QED) is 0.677. The number of thiazole rings is 1. The first-order valence-corrected chi connectivity index (χ1v) is 9.37. The van der Waals surface area contributed by atoms with Gasteiger partial charge in [0.15, 0.2) is 0 Å². The predicted molar refractivity (Wildman–Crippen MR) is 104 cm³/mol. The van der Waals surface area contributed by atoms with Crippen molar-refractivity contribution >= 4 is 23.1 Å². The number of halogens is 1. The fourth-order valence-electron chi connectivity index (χ4n) is 3.21. The van der Waals surface area contributed by atoms with Crippen LogP contribution >= 0.6 is 11.3 Å². The van der Waals surface area contributed by atoms with Gasteiger partial charge in [-0.15, -0.1) is 11.3 Å². The molecule has 2 unspecified atom stereocenters. The second kappa shape index (κ2) is 7.29. The van der Waals surface area contributed by atoms with Crippen LogP contribution in [0.15, 0.2) is 53.0 Å². The highest BCUT2D eigenvalue weighted by molar-refractivity contribution is 7.10. The Kier molecular flexibility index (Phi) is 4.67. The maximum atomic E-state index is 14.3. The average molecular weight is 391 g/mol. The summed E-state index contributed by atoms with van der Waals surface area (Å²) in [7, 11) is 0. The van der Waals surface area contributed by atoms with Gasteiger partial charge in [0.1, 0.15) is 5.01 Å². The molecule has 0 fully saturated rings. The van der Waals surface area contributed by atoms with Gasteiger partial charge in [-0.25, -0.2) is 19.8 Å².